The van der Waals surface area contributed by atoms with Crippen molar-refractivity contribution in [2.75, 3.05) is 42.5 Å². The van der Waals surface area contributed by atoms with Crippen LogP contribution in [0.4, 0.5) is 8.78 Å². The molecule has 87 heavy (non-hydrogen) atoms. The van der Waals surface area contributed by atoms with E-state index in [0.29, 0.717) is 14.8 Å². The average molecular weight is 1630 g/mol. The Morgan fingerprint density at radius 1 is 0.655 bits per heavy atom. The number of carbonyl (C=O) groups is 4. The molecule has 0 bridgehead atoms. The van der Waals surface area contributed by atoms with Crippen molar-refractivity contribution in [1.29, 1.82) is 0 Å². The normalized spacial score (nSPS) is 14.2. The van der Waals surface area contributed by atoms with Gasteiger partial charge in [-0.25, -0.2) is 32.2 Å². The Kier molecular flexibility index (Phi) is 38.5. The summed E-state index contributed by atoms with van der Waals surface area (Å²) < 4.78 is 79.2. The molecule has 0 unspecified atom stereocenters. The number of hydrogen-bond donors (Lipinski definition) is 0. The third-order valence-corrected chi connectivity index (χ3v) is 19.5. The Bertz CT molecular complexity index is 3180. The Morgan fingerprint density at radius 3 is 1.44 bits per heavy atom. The number of hydrogen-bond acceptors (Lipinski definition) is 18. The number of alkyl halides is 2. The van der Waals surface area contributed by atoms with Gasteiger partial charge in [0.25, 0.3) is 6.43 Å². The number of nitrogens with zero attached hydrogens (tertiary/aromatic N) is 5. The van der Waals surface area contributed by atoms with Crippen molar-refractivity contribution in [3.8, 4) is 5.06 Å². The van der Waals surface area contributed by atoms with E-state index >= 15 is 0 Å². The first-order valence-corrected chi connectivity index (χ1v) is 31.9. The van der Waals surface area contributed by atoms with Gasteiger partial charge in [0.1, 0.15) is 14.6 Å². The maximum absolute atomic E-state index is 12.2. The second-order valence-corrected chi connectivity index (χ2v) is 27.8. The van der Waals surface area contributed by atoms with E-state index in [0.717, 1.165) is 51.4 Å². The summed E-state index contributed by atoms with van der Waals surface area (Å²) in [5, 5.41) is 9.08. The number of pyridine rings is 2. The minimum absolute atomic E-state index is 0. The van der Waals surface area contributed by atoms with E-state index in [1.165, 1.54) is 55.0 Å². The van der Waals surface area contributed by atoms with Crippen LogP contribution < -0.4 is 22.6 Å². The van der Waals surface area contributed by atoms with Crippen molar-refractivity contribution in [3.63, 3.8) is 0 Å². The van der Waals surface area contributed by atoms with Crippen molar-refractivity contribution < 1.29 is 82.6 Å². The molecule has 476 valence electrons. The third-order valence-electron chi connectivity index (χ3n) is 11.7. The molecule has 7 aromatic heterocycles. The molecule has 2 fully saturated rings. The molecule has 0 aliphatic carbocycles. The van der Waals surface area contributed by atoms with Crippen LogP contribution in [0, 0.1) is 6.42 Å². The van der Waals surface area contributed by atoms with Crippen molar-refractivity contribution >= 4 is 192 Å². The van der Waals surface area contributed by atoms with Gasteiger partial charge >= 0.3 is 55.4 Å². The summed E-state index contributed by atoms with van der Waals surface area (Å²) in [6.07, 6.45) is 7.74. The number of thiophene rings is 3. The van der Waals surface area contributed by atoms with Crippen molar-refractivity contribution in [2.24, 2.45) is 0 Å². The van der Waals surface area contributed by atoms with Gasteiger partial charge in [0, 0.05) is 53.2 Å². The van der Waals surface area contributed by atoms with Crippen LogP contribution in [0.25, 0.3) is 11.0 Å². The van der Waals surface area contributed by atoms with Gasteiger partial charge in [0.05, 0.1) is 85.7 Å². The predicted molar refractivity (Wildman–Crippen MR) is 357 cm³/mol. The average Bonchev–Trinajstić information content (AvgIpc) is 1.67. The van der Waals surface area contributed by atoms with E-state index in [-0.39, 0.29) is 97.3 Å². The minimum atomic E-state index is -2.57. The predicted octanol–water partition coefficient (Wildman–Crippen LogP) is 11.9. The molecule has 2 saturated heterocycles. The van der Waals surface area contributed by atoms with Gasteiger partial charge in [-0.15, -0.1) is 22.7 Å². The number of ether oxygens (including phenoxy) is 4. The molecule has 0 radical (unpaired) electrons. The first kappa shape index (κ1) is 84.4. The van der Waals surface area contributed by atoms with E-state index in [2.05, 4.69) is 132 Å². The monoisotopic (exact) mass is 1620 g/mol. The van der Waals surface area contributed by atoms with E-state index in [9.17, 15) is 28.0 Å². The quantitative estimate of drug-likeness (QED) is 0.0436. The summed E-state index contributed by atoms with van der Waals surface area (Å²) in [5.41, 5.74) is 1.87. The summed E-state index contributed by atoms with van der Waals surface area (Å²) in [5.74, 6) is -1.25. The topological polar surface area (TPSA) is 189 Å². The van der Waals surface area contributed by atoms with Gasteiger partial charge in [-0.1, -0.05) is 23.5 Å². The molecular formula is C55H71B2Br5ClF2MgN5O13S3. The van der Waals surface area contributed by atoms with Gasteiger partial charge < -0.3 is 65.9 Å². The van der Waals surface area contributed by atoms with Crippen LogP contribution in [0.1, 0.15) is 123 Å². The second kappa shape index (κ2) is 39.7. The fraction of sp³-hybridized carbons (Fsp3) is 0.436. The maximum Gasteiger partial charge on any atom is 2.00 e. The Morgan fingerprint density at radius 2 is 1.06 bits per heavy atom. The zero-order valence-electron chi connectivity index (χ0n) is 51.5. The smallest absolute Gasteiger partial charge is 1.00 e. The Hall–Kier alpha value is -2.59. The van der Waals surface area contributed by atoms with Crippen LogP contribution in [0.15, 0.2) is 101 Å². The molecule has 0 saturated carbocycles. The first-order chi connectivity index (χ1) is 39.6. The van der Waals surface area contributed by atoms with Gasteiger partial charge in [0.15, 0.2) is 5.06 Å². The molecule has 9 heterocycles. The molecule has 9 rings (SSSR count). The molecule has 1 amide bonds. The van der Waals surface area contributed by atoms with Crippen LogP contribution in [-0.2, 0) is 42.3 Å². The van der Waals surface area contributed by atoms with Crippen LogP contribution >= 0.6 is 114 Å². The number of esters is 3. The molecule has 18 nitrogen and oxygen atoms in total. The number of halogens is 8. The standard InChI is InChI=1S/C13H17BN2O2.C9H19BO3.C7H5BrF2O2S.C7H5BrN2.C7H7BrO3S.C6H4Br2O2S.C3H7NO.C3H7.ClH.Mg/c1-12(2)13(3,4)18-14(17-12)10-9-15-16-8-6-5-7-11(10)16;1-7(2)11-10-12-8(3,4)9(5,6)13-10;1-12-7(11)4-2-3(8)5(13-4)6(9)10;8-6-5-9-10-4-2-1-3-7(6)10;1-10-6(9)5-3-4(8)7(11-2)12-5;1-10-6(9)4-2-3(7)5(8)11-4;1-4(2)3-5;1-3-2;;/h5-9H,1-4H3;7H,1-6H3;2,6H,1H3;1-5H;3H,1-2H3;2H,1H3;3H,1-2H3;3H,1-2H3;1H;/q;;;;;;;-1;;+2/p-1. The number of carbonyl (C=O) groups excluding carboxylic acids is 4. The van der Waals surface area contributed by atoms with Gasteiger partial charge in [-0.3, -0.25) is 4.79 Å². The number of fused-ring (bicyclic) bond motifs is 2. The third kappa shape index (κ3) is 26.1. The largest absolute Gasteiger partial charge is 2.00 e. The molecule has 7 aromatic rings. The number of aromatic nitrogens is 4. The number of methoxy groups -OCH3 is 4. The van der Waals surface area contributed by atoms with Gasteiger partial charge in [-0.05, 0) is 191 Å². The second-order valence-electron chi connectivity index (χ2n) is 19.9. The van der Waals surface area contributed by atoms with E-state index in [1.54, 1.807) is 39.5 Å². The summed E-state index contributed by atoms with van der Waals surface area (Å²) in [6, 6.07) is 16.6. The zero-order valence-corrected chi connectivity index (χ0v) is 64.0. The molecule has 0 atom stereocenters. The number of amides is 1. The maximum atomic E-state index is 12.2. The fourth-order valence-electron chi connectivity index (χ4n) is 6.05. The SMILES string of the molecule is Brc1cnn2ccccc12.CC(C)OB1OC(C)(C)C(C)(C)O1.CC1(C)OB(c2cnn3ccccc23)OC1(C)C.CN(C)C=O.COC(=O)c1cc(Br)c(Br)s1.COC(=O)c1cc(Br)c(C(F)F)s1.COC(=O)c1cc(Br)c(OC)s1.C[CH-]C.[Cl-].[Mg+2]. The van der Waals surface area contributed by atoms with Crippen LogP contribution in [-0.4, -0.2) is 157 Å². The molecule has 0 spiro atoms. The molecular weight excluding hydrogens is 1550 g/mol. The molecule has 0 N–H and O–H groups in total. The zero-order chi connectivity index (χ0) is 64.8. The summed E-state index contributed by atoms with van der Waals surface area (Å²) in [6.45, 7) is 24.2. The molecule has 32 heteroatoms. The summed E-state index contributed by atoms with van der Waals surface area (Å²) in [4.78, 5) is 44.9. The van der Waals surface area contributed by atoms with E-state index in [4.69, 9.17) is 28.0 Å². The van der Waals surface area contributed by atoms with E-state index < -0.39 is 19.7 Å². The minimum Gasteiger partial charge on any atom is -1.00 e. The summed E-state index contributed by atoms with van der Waals surface area (Å²) in [7, 11) is 7.97. The van der Waals surface area contributed by atoms with Crippen LogP contribution in [0.5, 0.6) is 5.06 Å². The summed E-state index contributed by atoms with van der Waals surface area (Å²) >= 11 is 19.4. The van der Waals surface area contributed by atoms with Gasteiger partial charge in [0.2, 0.25) is 6.41 Å². The van der Waals surface area contributed by atoms with Crippen molar-refractivity contribution in [1.82, 2.24) is 24.1 Å². The van der Waals surface area contributed by atoms with Crippen molar-refractivity contribution in [3.05, 3.63) is 127 Å². The van der Waals surface area contributed by atoms with Crippen molar-refractivity contribution in [2.45, 2.75) is 118 Å². The Balaban J connectivity index is 0.000000999. The number of rotatable bonds is 9. The molecule has 2 aliphatic heterocycles. The van der Waals surface area contributed by atoms with Gasteiger partial charge in [-0.2, -0.15) is 24.0 Å². The first-order valence-electron chi connectivity index (χ1n) is 25.4. The van der Waals surface area contributed by atoms with E-state index in [1.807, 2.05) is 126 Å². The van der Waals surface area contributed by atoms with Crippen LogP contribution in [0.2, 0.25) is 0 Å². The Labute approximate surface area is 585 Å². The molecule has 2 aliphatic rings. The molecule has 0 aromatic carbocycles. The van der Waals surface area contributed by atoms with Crippen LogP contribution in [0.3, 0.4) is 0 Å². The fourth-order valence-corrected chi connectivity index (χ4v) is 11.6.